The van der Waals surface area contributed by atoms with E-state index in [1.807, 2.05) is 0 Å². The minimum absolute atomic E-state index is 0.0684. The molecule has 15 heteroatoms. The number of hydrogen-bond donors (Lipinski definition) is 2. The first-order valence-corrected chi connectivity index (χ1v) is 16.1. The number of carbonyl (C=O) groups is 1. The van der Waals surface area contributed by atoms with Crippen LogP contribution in [0.15, 0.2) is 30.0 Å². The second-order valence-corrected chi connectivity index (χ2v) is 14.4. The first-order chi connectivity index (χ1) is 17.4. The van der Waals surface area contributed by atoms with Crippen LogP contribution in [0.4, 0.5) is 11.4 Å². The molecule has 2 N–H and O–H groups in total. The number of aryl methyl sites for hydroxylation is 1. The predicted molar refractivity (Wildman–Crippen MR) is 141 cm³/mol. The molecule has 5 rings (SSSR count). The average Bonchev–Trinajstić information content (AvgIpc) is 3.38. The summed E-state index contributed by atoms with van der Waals surface area (Å²) in [6.07, 6.45) is 5.00. The highest BCUT2D eigenvalue weighted by molar-refractivity contribution is 8.09. The Bertz CT molecular complexity index is 1560. The molecule has 37 heavy (non-hydrogen) atoms. The summed E-state index contributed by atoms with van der Waals surface area (Å²) in [5.74, 6) is -0.288. The van der Waals surface area contributed by atoms with Gasteiger partial charge in [0.2, 0.25) is 26.0 Å². The van der Waals surface area contributed by atoms with Gasteiger partial charge in [0.15, 0.2) is 0 Å². The number of carbonyl (C=O) groups excluding carboxylic acids is 1. The number of sulfonamides is 2. The SMILES string of the molecule is Cc1ccc(N(S(C)(=O)=O)S(C)(=O)=O)cc1NC(=O)CN1CC2CCC(c3ncnc4scnc34)(C1)N2. The number of anilines is 2. The van der Waals surface area contributed by atoms with Crippen LogP contribution < -0.4 is 14.3 Å². The van der Waals surface area contributed by atoms with E-state index in [0.29, 0.717) is 28.1 Å². The summed E-state index contributed by atoms with van der Waals surface area (Å²) in [7, 11) is -8.21. The molecule has 2 aliphatic rings. The summed E-state index contributed by atoms with van der Waals surface area (Å²) < 4.78 is 49.0. The van der Waals surface area contributed by atoms with E-state index < -0.39 is 25.6 Å². The van der Waals surface area contributed by atoms with Crippen molar-refractivity contribution >= 4 is 59.0 Å². The molecule has 2 unspecified atom stereocenters. The molecule has 2 bridgehead atoms. The van der Waals surface area contributed by atoms with Gasteiger partial charge in [-0.25, -0.2) is 31.8 Å². The van der Waals surface area contributed by atoms with Crippen LogP contribution >= 0.6 is 11.3 Å². The minimum Gasteiger partial charge on any atom is -0.325 e. The highest BCUT2D eigenvalue weighted by atomic mass is 32.3. The Morgan fingerprint density at radius 2 is 1.97 bits per heavy atom. The number of fused-ring (bicyclic) bond motifs is 3. The van der Waals surface area contributed by atoms with Crippen molar-refractivity contribution in [1.82, 2.24) is 25.2 Å². The highest BCUT2D eigenvalue weighted by Crippen LogP contribution is 2.39. The lowest BCUT2D eigenvalue weighted by molar-refractivity contribution is -0.117. The maximum atomic E-state index is 13.1. The largest absolute Gasteiger partial charge is 0.325 e. The van der Waals surface area contributed by atoms with Crippen molar-refractivity contribution in [3.63, 3.8) is 0 Å². The third-order valence-corrected chi connectivity index (χ3v) is 10.6. The van der Waals surface area contributed by atoms with Crippen molar-refractivity contribution in [3.8, 4) is 0 Å². The lowest BCUT2D eigenvalue weighted by atomic mass is 9.91. The van der Waals surface area contributed by atoms with Gasteiger partial charge in [-0.15, -0.1) is 11.3 Å². The summed E-state index contributed by atoms with van der Waals surface area (Å²) in [5.41, 5.74) is 3.89. The minimum atomic E-state index is -4.10. The fraction of sp³-hybridized carbons (Fsp3) is 0.455. The van der Waals surface area contributed by atoms with Gasteiger partial charge < -0.3 is 10.6 Å². The van der Waals surface area contributed by atoms with E-state index in [-0.39, 0.29) is 24.2 Å². The molecule has 0 saturated carbocycles. The lowest BCUT2D eigenvalue weighted by Gasteiger charge is -2.40. The van der Waals surface area contributed by atoms with E-state index in [0.717, 1.165) is 41.4 Å². The van der Waals surface area contributed by atoms with Crippen LogP contribution in [0.3, 0.4) is 0 Å². The van der Waals surface area contributed by atoms with Gasteiger partial charge in [0.1, 0.15) is 16.7 Å². The van der Waals surface area contributed by atoms with Gasteiger partial charge >= 0.3 is 0 Å². The van der Waals surface area contributed by atoms with Crippen molar-refractivity contribution in [2.24, 2.45) is 0 Å². The Labute approximate surface area is 219 Å². The van der Waals surface area contributed by atoms with E-state index in [9.17, 15) is 21.6 Å². The molecule has 1 aromatic carbocycles. The first kappa shape index (κ1) is 25.9. The normalized spacial score (nSPS) is 22.3. The number of amides is 1. The number of rotatable bonds is 7. The highest BCUT2D eigenvalue weighted by Gasteiger charge is 2.48. The first-order valence-electron chi connectivity index (χ1n) is 11.5. The zero-order valence-corrected chi connectivity index (χ0v) is 23.0. The van der Waals surface area contributed by atoms with Gasteiger partial charge in [0, 0.05) is 24.8 Å². The van der Waals surface area contributed by atoms with Crippen LogP contribution in [0.25, 0.3) is 10.3 Å². The smallest absolute Gasteiger partial charge is 0.245 e. The van der Waals surface area contributed by atoms with Gasteiger partial charge in [-0.3, -0.25) is 9.69 Å². The van der Waals surface area contributed by atoms with E-state index in [2.05, 4.69) is 30.5 Å². The molecule has 1 amide bonds. The van der Waals surface area contributed by atoms with E-state index in [4.69, 9.17) is 0 Å². The van der Waals surface area contributed by atoms with Crippen LogP contribution in [0.5, 0.6) is 0 Å². The molecule has 198 valence electrons. The molecule has 2 aliphatic heterocycles. The molecule has 12 nitrogen and oxygen atoms in total. The Balaban J connectivity index is 1.36. The summed E-state index contributed by atoms with van der Waals surface area (Å²) in [5, 5.41) is 6.52. The summed E-state index contributed by atoms with van der Waals surface area (Å²) in [6.45, 7) is 3.11. The quantitative estimate of drug-likeness (QED) is 0.424. The molecule has 0 spiro atoms. The zero-order chi connectivity index (χ0) is 26.6. The molecule has 0 aliphatic carbocycles. The number of benzene rings is 1. The summed E-state index contributed by atoms with van der Waals surface area (Å²) in [4.78, 5) is 29.4. The summed E-state index contributed by atoms with van der Waals surface area (Å²) >= 11 is 1.46. The topological polar surface area (TPSA) is 155 Å². The maximum Gasteiger partial charge on any atom is 0.245 e. The standard InChI is InChI=1S/C22H27N7O5S3/c1-14-4-5-16(29(36(2,31)32)37(3,33)34)8-17(14)26-18(30)10-28-9-15-6-7-22(11-28,27-15)20-19-21(24-12-23-20)35-13-25-19/h4-5,8,12-13,15,27H,6-7,9-11H2,1-3H3,(H,26,30). The fourth-order valence-electron chi connectivity index (χ4n) is 5.28. The second-order valence-electron chi connectivity index (χ2n) is 9.63. The molecule has 3 aromatic rings. The third-order valence-electron chi connectivity index (χ3n) is 6.64. The van der Waals surface area contributed by atoms with Gasteiger partial charge in [0.25, 0.3) is 0 Å². The Hall–Kier alpha value is -2.72. The Kier molecular flexibility index (Phi) is 6.47. The number of nitrogens with zero attached hydrogens (tertiary/aromatic N) is 5. The third kappa shape index (κ3) is 5.05. The molecule has 2 aromatic heterocycles. The molecular weight excluding hydrogens is 538 g/mol. The average molecular weight is 566 g/mol. The van der Waals surface area contributed by atoms with Gasteiger partial charge in [-0.2, -0.15) is 3.71 Å². The Morgan fingerprint density at radius 3 is 2.70 bits per heavy atom. The van der Waals surface area contributed by atoms with Crippen LogP contribution in [0, 0.1) is 6.92 Å². The number of piperazine rings is 1. The number of aromatic nitrogens is 3. The van der Waals surface area contributed by atoms with Crippen LogP contribution in [-0.4, -0.2) is 80.8 Å². The van der Waals surface area contributed by atoms with Crippen LogP contribution in [0.2, 0.25) is 0 Å². The Morgan fingerprint density at radius 1 is 1.22 bits per heavy atom. The number of hydrogen-bond acceptors (Lipinski definition) is 11. The molecule has 2 atom stereocenters. The fourth-order valence-corrected chi connectivity index (χ4v) is 8.87. The van der Waals surface area contributed by atoms with E-state index in [1.165, 1.54) is 23.5 Å². The van der Waals surface area contributed by atoms with E-state index in [1.54, 1.807) is 24.8 Å². The summed E-state index contributed by atoms with van der Waals surface area (Å²) in [6, 6.07) is 4.53. The molecule has 0 radical (unpaired) electrons. The molecular formula is C22H27N7O5S3. The monoisotopic (exact) mass is 565 g/mol. The number of nitrogens with one attached hydrogen (secondary N) is 2. The number of thiazole rings is 1. The van der Waals surface area contributed by atoms with Crippen molar-refractivity contribution in [3.05, 3.63) is 41.3 Å². The van der Waals surface area contributed by atoms with Crippen LogP contribution in [0.1, 0.15) is 24.1 Å². The molecule has 2 fully saturated rings. The van der Waals surface area contributed by atoms with Crippen molar-refractivity contribution in [2.75, 3.05) is 41.2 Å². The van der Waals surface area contributed by atoms with Crippen molar-refractivity contribution in [2.45, 2.75) is 31.3 Å². The van der Waals surface area contributed by atoms with Crippen molar-refractivity contribution < 1.29 is 21.6 Å². The molecule has 2 saturated heterocycles. The second kappa shape index (κ2) is 9.23. The lowest BCUT2D eigenvalue weighted by Crippen LogP contribution is -2.59. The van der Waals surface area contributed by atoms with Gasteiger partial charge in [-0.1, -0.05) is 6.07 Å². The number of likely N-dealkylation sites (tertiary alicyclic amines) is 1. The molecule has 4 heterocycles. The predicted octanol–water partition coefficient (Wildman–Crippen LogP) is 1.02. The van der Waals surface area contributed by atoms with E-state index >= 15 is 0 Å². The maximum absolute atomic E-state index is 13.1. The zero-order valence-electron chi connectivity index (χ0n) is 20.5. The van der Waals surface area contributed by atoms with Gasteiger partial charge in [-0.05, 0) is 37.5 Å². The van der Waals surface area contributed by atoms with Crippen LogP contribution in [-0.2, 0) is 30.4 Å². The van der Waals surface area contributed by atoms with Gasteiger partial charge in [0.05, 0.1) is 41.5 Å². The van der Waals surface area contributed by atoms with Crippen molar-refractivity contribution in [1.29, 1.82) is 0 Å².